The van der Waals surface area contributed by atoms with Crippen LogP contribution in [-0.4, -0.2) is 6.26 Å². The van der Waals surface area contributed by atoms with Crippen LogP contribution < -0.4 is 0 Å². The van der Waals surface area contributed by atoms with Gasteiger partial charge < -0.3 is 0 Å². The summed E-state index contributed by atoms with van der Waals surface area (Å²) >= 11 is 15.4. The molecule has 0 spiro atoms. The van der Waals surface area contributed by atoms with Crippen LogP contribution in [0.25, 0.3) is 10.1 Å². The van der Waals surface area contributed by atoms with Crippen LogP contribution in [0.15, 0.2) is 22.4 Å². The maximum atomic E-state index is 6.21. The zero-order chi connectivity index (χ0) is 10.1. The number of thioether (sulfide) groups is 1. The van der Waals surface area contributed by atoms with Crippen molar-refractivity contribution in [2.75, 3.05) is 6.26 Å². The standard InChI is InChI=1S/C10H8Cl2S2/c1-13-10-9(12)7-3-2-6(5-11)4-8(7)14-10/h2-4H,5H2,1H3. The minimum absolute atomic E-state index is 0.556. The highest BCUT2D eigenvalue weighted by Crippen LogP contribution is 2.40. The molecule has 0 saturated carbocycles. The summed E-state index contributed by atoms with van der Waals surface area (Å²) < 4.78 is 2.39. The van der Waals surface area contributed by atoms with Gasteiger partial charge in [-0.3, -0.25) is 0 Å². The molecule has 0 amide bonds. The van der Waals surface area contributed by atoms with Crippen molar-refractivity contribution in [3.63, 3.8) is 0 Å². The second kappa shape index (κ2) is 4.31. The third kappa shape index (κ3) is 1.76. The molecule has 4 heteroatoms. The van der Waals surface area contributed by atoms with Gasteiger partial charge >= 0.3 is 0 Å². The average molecular weight is 263 g/mol. The molecule has 0 unspecified atom stereocenters. The highest BCUT2D eigenvalue weighted by Gasteiger charge is 2.09. The van der Waals surface area contributed by atoms with E-state index >= 15 is 0 Å². The zero-order valence-electron chi connectivity index (χ0n) is 7.51. The van der Waals surface area contributed by atoms with Crippen LogP contribution in [0.5, 0.6) is 0 Å². The Labute approximate surface area is 101 Å². The number of hydrogen-bond donors (Lipinski definition) is 0. The molecule has 0 aliphatic rings. The molecule has 0 aliphatic heterocycles. The van der Waals surface area contributed by atoms with Gasteiger partial charge in [-0.05, 0) is 17.9 Å². The first-order valence-electron chi connectivity index (χ1n) is 4.07. The van der Waals surface area contributed by atoms with Crippen LogP contribution in [0, 0.1) is 0 Å². The van der Waals surface area contributed by atoms with Crippen molar-refractivity contribution >= 4 is 56.4 Å². The summed E-state index contributed by atoms with van der Waals surface area (Å²) in [7, 11) is 0. The summed E-state index contributed by atoms with van der Waals surface area (Å²) in [6.45, 7) is 0. The molecule has 1 aromatic carbocycles. The van der Waals surface area contributed by atoms with E-state index in [0.717, 1.165) is 16.0 Å². The lowest BCUT2D eigenvalue weighted by atomic mass is 10.2. The maximum Gasteiger partial charge on any atom is 0.0795 e. The molecule has 0 fully saturated rings. The van der Waals surface area contributed by atoms with Crippen LogP contribution in [0.1, 0.15) is 5.56 Å². The van der Waals surface area contributed by atoms with Crippen molar-refractivity contribution in [2.45, 2.75) is 10.1 Å². The van der Waals surface area contributed by atoms with E-state index in [9.17, 15) is 0 Å². The van der Waals surface area contributed by atoms with E-state index in [1.165, 1.54) is 8.91 Å². The van der Waals surface area contributed by atoms with Gasteiger partial charge in [0.2, 0.25) is 0 Å². The second-order valence-electron chi connectivity index (χ2n) is 2.87. The molecular weight excluding hydrogens is 255 g/mol. The van der Waals surface area contributed by atoms with E-state index in [1.807, 2.05) is 18.4 Å². The van der Waals surface area contributed by atoms with Crippen molar-refractivity contribution in [1.82, 2.24) is 0 Å². The lowest BCUT2D eigenvalue weighted by Gasteiger charge is -1.94. The fraction of sp³-hybridized carbons (Fsp3) is 0.200. The smallest absolute Gasteiger partial charge is 0.0795 e. The summed E-state index contributed by atoms with van der Waals surface area (Å²) in [4.78, 5) is 0. The molecule has 0 radical (unpaired) electrons. The maximum absolute atomic E-state index is 6.21. The van der Waals surface area contributed by atoms with Gasteiger partial charge in [0.25, 0.3) is 0 Å². The third-order valence-corrected chi connectivity index (χ3v) is 5.20. The molecule has 2 aromatic rings. The molecule has 0 aliphatic carbocycles. The van der Waals surface area contributed by atoms with Crippen molar-refractivity contribution < 1.29 is 0 Å². The molecule has 1 aromatic heterocycles. The van der Waals surface area contributed by atoms with Crippen molar-refractivity contribution in [1.29, 1.82) is 0 Å². The Balaban J connectivity index is 2.66. The van der Waals surface area contributed by atoms with E-state index in [-0.39, 0.29) is 0 Å². The predicted molar refractivity (Wildman–Crippen MR) is 68.2 cm³/mol. The van der Waals surface area contributed by atoms with Gasteiger partial charge in [0, 0.05) is 16.0 Å². The molecule has 74 valence electrons. The average Bonchev–Trinajstić information content (AvgIpc) is 2.55. The van der Waals surface area contributed by atoms with Crippen LogP contribution in [-0.2, 0) is 5.88 Å². The quantitative estimate of drug-likeness (QED) is 0.541. The van der Waals surface area contributed by atoms with E-state index in [4.69, 9.17) is 23.2 Å². The predicted octanol–water partition coefficient (Wildman–Crippen LogP) is 5.02. The number of hydrogen-bond acceptors (Lipinski definition) is 2. The molecule has 2 rings (SSSR count). The van der Waals surface area contributed by atoms with Crippen LogP contribution in [0.3, 0.4) is 0 Å². The van der Waals surface area contributed by atoms with E-state index in [2.05, 4.69) is 6.07 Å². The van der Waals surface area contributed by atoms with Gasteiger partial charge in [0.05, 0.1) is 9.23 Å². The first kappa shape index (κ1) is 10.6. The number of halogens is 2. The number of fused-ring (bicyclic) bond motifs is 1. The molecule has 0 atom stereocenters. The van der Waals surface area contributed by atoms with Gasteiger partial charge in [-0.25, -0.2) is 0 Å². The molecular formula is C10H8Cl2S2. The monoisotopic (exact) mass is 262 g/mol. The Kier molecular flexibility index (Phi) is 3.27. The largest absolute Gasteiger partial charge is 0.127 e. The summed E-state index contributed by atoms with van der Waals surface area (Å²) in [6.07, 6.45) is 2.04. The fourth-order valence-corrected chi connectivity index (χ4v) is 3.82. The topological polar surface area (TPSA) is 0 Å². The van der Waals surface area contributed by atoms with Gasteiger partial charge in [-0.15, -0.1) is 34.7 Å². The molecule has 0 nitrogen and oxygen atoms in total. The molecule has 0 saturated heterocycles. The van der Waals surface area contributed by atoms with Crippen LogP contribution in [0.4, 0.5) is 0 Å². The summed E-state index contributed by atoms with van der Waals surface area (Å²) in [5, 5.41) is 2.01. The summed E-state index contributed by atoms with van der Waals surface area (Å²) in [5.74, 6) is 0.556. The van der Waals surface area contributed by atoms with Gasteiger partial charge in [-0.2, -0.15) is 0 Å². The number of rotatable bonds is 2. The van der Waals surface area contributed by atoms with E-state index in [0.29, 0.717) is 5.88 Å². The van der Waals surface area contributed by atoms with Crippen molar-refractivity contribution in [3.8, 4) is 0 Å². The minimum Gasteiger partial charge on any atom is -0.127 e. The van der Waals surface area contributed by atoms with Crippen molar-refractivity contribution in [2.24, 2.45) is 0 Å². The fourth-order valence-electron chi connectivity index (χ4n) is 1.30. The molecule has 0 N–H and O–H groups in total. The summed E-state index contributed by atoms with van der Waals surface area (Å²) in [6, 6.07) is 6.18. The normalized spacial score (nSPS) is 11.1. The Morgan fingerprint density at radius 1 is 1.43 bits per heavy atom. The highest BCUT2D eigenvalue weighted by atomic mass is 35.5. The van der Waals surface area contributed by atoms with Crippen LogP contribution >= 0.6 is 46.3 Å². The van der Waals surface area contributed by atoms with Gasteiger partial charge in [0.1, 0.15) is 0 Å². The molecule has 1 heterocycles. The first-order valence-corrected chi connectivity index (χ1v) is 7.02. The van der Waals surface area contributed by atoms with Gasteiger partial charge in [0.15, 0.2) is 0 Å². The Morgan fingerprint density at radius 2 is 2.21 bits per heavy atom. The van der Waals surface area contributed by atoms with E-state index < -0.39 is 0 Å². The molecule has 14 heavy (non-hydrogen) atoms. The third-order valence-electron chi connectivity index (χ3n) is 2.00. The Hall–Kier alpha value is 0.110. The second-order valence-corrected chi connectivity index (χ2v) is 5.64. The Bertz CT molecular complexity index is 462. The van der Waals surface area contributed by atoms with Crippen LogP contribution in [0.2, 0.25) is 5.02 Å². The highest BCUT2D eigenvalue weighted by molar-refractivity contribution is 8.00. The van der Waals surface area contributed by atoms with Gasteiger partial charge in [-0.1, -0.05) is 23.7 Å². The number of thiophene rings is 1. The van der Waals surface area contributed by atoms with Crippen molar-refractivity contribution in [3.05, 3.63) is 28.8 Å². The van der Waals surface area contributed by atoms with E-state index in [1.54, 1.807) is 23.1 Å². The number of alkyl halides is 1. The Morgan fingerprint density at radius 3 is 2.86 bits per heavy atom. The number of benzene rings is 1. The lowest BCUT2D eigenvalue weighted by molar-refractivity contribution is 1.43. The minimum atomic E-state index is 0.556. The first-order chi connectivity index (χ1) is 6.76. The summed E-state index contributed by atoms with van der Waals surface area (Å²) in [5.41, 5.74) is 1.14. The molecule has 0 bridgehead atoms. The SMILES string of the molecule is CSc1sc2cc(CCl)ccc2c1Cl. The zero-order valence-corrected chi connectivity index (χ0v) is 10.7. The lowest BCUT2D eigenvalue weighted by Crippen LogP contribution is -1.74.